The zero-order chi connectivity index (χ0) is 20.2. The number of rotatable bonds is 10. The van der Waals surface area contributed by atoms with E-state index in [1.54, 1.807) is 0 Å². The van der Waals surface area contributed by atoms with Gasteiger partial charge >= 0.3 is 0 Å². The van der Waals surface area contributed by atoms with Crippen molar-refractivity contribution in [1.82, 2.24) is 15.5 Å². The lowest BCUT2D eigenvalue weighted by atomic mass is 9.75. The number of nitrogens with zero attached hydrogens (tertiary/aromatic N) is 2. The fourth-order valence-corrected chi connectivity index (χ4v) is 4.44. The third kappa shape index (κ3) is 7.88. The van der Waals surface area contributed by atoms with Gasteiger partial charge in [0.25, 0.3) is 0 Å². The Hall–Kier alpha value is -0.850. The molecule has 164 valence electrons. The normalized spacial score (nSPS) is 27.2. The predicted molar refractivity (Wildman–Crippen MR) is 117 cm³/mol. The number of hydrogen-bond donors (Lipinski definition) is 2. The molecule has 1 saturated heterocycles. The van der Waals surface area contributed by atoms with Crippen molar-refractivity contribution in [2.24, 2.45) is 16.8 Å². The average molecular weight is 397 g/mol. The van der Waals surface area contributed by atoms with Gasteiger partial charge in [-0.05, 0) is 65.0 Å². The molecule has 0 aromatic carbocycles. The molecule has 1 aliphatic heterocycles. The molecule has 0 bridgehead atoms. The molecule has 2 atom stereocenters. The summed E-state index contributed by atoms with van der Waals surface area (Å²) in [6, 6.07) is 0. The van der Waals surface area contributed by atoms with E-state index in [0.717, 1.165) is 77.2 Å². The molecule has 1 saturated carbocycles. The summed E-state index contributed by atoms with van der Waals surface area (Å²) in [4.78, 5) is 7.36. The number of ether oxygens (including phenoxy) is 2. The van der Waals surface area contributed by atoms with Crippen molar-refractivity contribution in [2.45, 2.75) is 64.3 Å². The summed E-state index contributed by atoms with van der Waals surface area (Å²) in [5.74, 6) is 2.40. The second kappa shape index (κ2) is 12.7. The molecule has 6 nitrogen and oxygen atoms in total. The van der Waals surface area contributed by atoms with E-state index < -0.39 is 0 Å². The topological polar surface area (TPSA) is 58.1 Å². The molecule has 2 rings (SSSR count). The van der Waals surface area contributed by atoms with Gasteiger partial charge in [0.1, 0.15) is 0 Å². The summed E-state index contributed by atoms with van der Waals surface area (Å²) < 4.78 is 11.3. The van der Waals surface area contributed by atoms with Gasteiger partial charge in [-0.1, -0.05) is 19.8 Å². The van der Waals surface area contributed by atoms with E-state index in [4.69, 9.17) is 14.5 Å². The molecule has 0 spiro atoms. The summed E-state index contributed by atoms with van der Waals surface area (Å²) in [5.41, 5.74) is 0.201. The zero-order valence-corrected chi connectivity index (χ0v) is 18.8. The summed E-state index contributed by atoms with van der Waals surface area (Å²) >= 11 is 0. The molecule has 2 unspecified atom stereocenters. The highest BCUT2D eigenvalue weighted by molar-refractivity contribution is 5.79. The molecule has 2 fully saturated rings. The number of guanidine groups is 1. The maximum absolute atomic E-state index is 5.87. The number of likely N-dealkylation sites (N-methyl/N-ethyl adjacent to an activating group) is 1. The Morgan fingerprint density at radius 2 is 2.00 bits per heavy atom. The van der Waals surface area contributed by atoms with Crippen molar-refractivity contribution in [1.29, 1.82) is 0 Å². The first-order chi connectivity index (χ1) is 13.6. The van der Waals surface area contributed by atoms with E-state index in [1.807, 2.05) is 0 Å². The first kappa shape index (κ1) is 23.4. The van der Waals surface area contributed by atoms with Crippen molar-refractivity contribution in [2.75, 3.05) is 60.2 Å². The quantitative estimate of drug-likeness (QED) is 0.338. The van der Waals surface area contributed by atoms with Gasteiger partial charge in [-0.3, -0.25) is 4.99 Å². The van der Waals surface area contributed by atoms with Gasteiger partial charge in [-0.25, -0.2) is 0 Å². The first-order valence-corrected chi connectivity index (χ1v) is 11.4. The Kier molecular flexibility index (Phi) is 10.6. The third-order valence-corrected chi connectivity index (χ3v) is 6.34. The molecular weight excluding hydrogens is 352 g/mol. The molecule has 1 aliphatic carbocycles. The van der Waals surface area contributed by atoms with E-state index >= 15 is 0 Å². The Labute approximate surface area is 172 Å². The number of hydrogen-bond acceptors (Lipinski definition) is 4. The van der Waals surface area contributed by atoms with Crippen molar-refractivity contribution in [3.63, 3.8) is 0 Å². The van der Waals surface area contributed by atoms with E-state index in [0.29, 0.717) is 5.92 Å². The maximum Gasteiger partial charge on any atom is 0.191 e. The zero-order valence-electron chi connectivity index (χ0n) is 18.8. The Bertz CT molecular complexity index is 452. The largest absolute Gasteiger partial charge is 0.381 e. The van der Waals surface area contributed by atoms with Crippen LogP contribution in [-0.2, 0) is 9.47 Å². The van der Waals surface area contributed by atoms with Gasteiger partial charge in [0.15, 0.2) is 5.96 Å². The molecule has 0 radical (unpaired) electrons. The van der Waals surface area contributed by atoms with Crippen LogP contribution in [0.25, 0.3) is 0 Å². The van der Waals surface area contributed by atoms with Crippen molar-refractivity contribution in [3.8, 4) is 0 Å². The highest BCUT2D eigenvalue weighted by Crippen LogP contribution is 2.35. The van der Waals surface area contributed by atoms with Crippen molar-refractivity contribution in [3.05, 3.63) is 0 Å². The number of aliphatic imine (C=N–C) groups is 1. The molecule has 1 heterocycles. The lowest BCUT2D eigenvalue weighted by Crippen LogP contribution is -2.51. The molecule has 0 aromatic rings. The molecule has 2 aliphatic rings. The smallest absolute Gasteiger partial charge is 0.191 e. The van der Waals surface area contributed by atoms with Crippen LogP contribution in [0.5, 0.6) is 0 Å². The van der Waals surface area contributed by atoms with Crippen LogP contribution in [0.2, 0.25) is 0 Å². The van der Waals surface area contributed by atoms with Gasteiger partial charge in [-0.15, -0.1) is 0 Å². The van der Waals surface area contributed by atoms with Crippen LogP contribution in [0.3, 0.4) is 0 Å². The summed E-state index contributed by atoms with van der Waals surface area (Å²) in [5, 5.41) is 6.88. The summed E-state index contributed by atoms with van der Waals surface area (Å²) in [6.07, 6.45) is 8.43. The van der Waals surface area contributed by atoms with Gasteiger partial charge < -0.3 is 25.0 Å². The SMILES string of the molecule is CCNC(=NCC1(N(C)C)CCCC(C)C1)NCCCOCC1CCOCC1. The minimum atomic E-state index is 0.201. The van der Waals surface area contributed by atoms with Crippen LogP contribution >= 0.6 is 0 Å². The second-order valence-corrected chi connectivity index (χ2v) is 8.93. The average Bonchev–Trinajstić information content (AvgIpc) is 2.69. The first-order valence-electron chi connectivity index (χ1n) is 11.4. The molecular formula is C22H44N4O2. The third-order valence-electron chi connectivity index (χ3n) is 6.34. The lowest BCUT2D eigenvalue weighted by molar-refractivity contribution is 0.0203. The van der Waals surface area contributed by atoms with E-state index in [1.165, 1.54) is 25.7 Å². The number of nitrogens with one attached hydrogen (secondary N) is 2. The maximum atomic E-state index is 5.87. The van der Waals surface area contributed by atoms with Crippen LogP contribution < -0.4 is 10.6 Å². The standard InChI is InChI=1S/C22H44N4O2/c1-5-23-21(24-12-7-13-28-17-20-9-14-27-15-10-20)25-18-22(26(3)4)11-6-8-19(2)16-22/h19-20H,5-18H2,1-4H3,(H2,23,24,25). The summed E-state index contributed by atoms with van der Waals surface area (Å²) in [7, 11) is 4.42. The van der Waals surface area contributed by atoms with Crippen LogP contribution in [0, 0.1) is 11.8 Å². The summed E-state index contributed by atoms with van der Waals surface area (Å²) in [6.45, 7) is 10.6. The van der Waals surface area contributed by atoms with Crippen LogP contribution in [0.4, 0.5) is 0 Å². The van der Waals surface area contributed by atoms with Crippen molar-refractivity contribution >= 4 is 5.96 Å². The Balaban J connectivity index is 1.71. The van der Waals surface area contributed by atoms with Gasteiger partial charge in [0, 0.05) is 45.1 Å². The van der Waals surface area contributed by atoms with Gasteiger partial charge in [-0.2, -0.15) is 0 Å². The lowest BCUT2D eigenvalue weighted by Gasteiger charge is -2.44. The van der Waals surface area contributed by atoms with E-state index in [-0.39, 0.29) is 5.54 Å². The fourth-order valence-electron chi connectivity index (χ4n) is 4.44. The van der Waals surface area contributed by atoms with Crippen LogP contribution in [0.1, 0.15) is 58.8 Å². The van der Waals surface area contributed by atoms with Crippen LogP contribution in [0.15, 0.2) is 4.99 Å². The van der Waals surface area contributed by atoms with Gasteiger partial charge in [0.05, 0.1) is 6.54 Å². The van der Waals surface area contributed by atoms with Gasteiger partial charge in [0.2, 0.25) is 0 Å². The molecule has 0 aromatic heterocycles. The predicted octanol–water partition coefficient (Wildman–Crippen LogP) is 2.89. The van der Waals surface area contributed by atoms with E-state index in [9.17, 15) is 0 Å². The Morgan fingerprint density at radius 1 is 1.21 bits per heavy atom. The Morgan fingerprint density at radius 3 is 2.68 bits per heavy atom. The molecule has 6 heteroatoms. The molecule has 2 N–H and O–H groups in total. The minimum absolute atomic E-state index is 0.201. The molecule has 0 amide bonds. The monoisotopic (exact) mass is 396 g/mol. The van der Waals surface area contributed by atoms with E-state index in [2.05, 4.69) is 43.5 Å². The highest BCUT2D eigenvalue weighted by atomic mass is 16.5. The van der Waals surface area contributed by atoms with Crippen molar-refractivity contribution < 1.29 is 9.47 Å². The van der Waals surface area contributed by atoms with Crippen LogP contribution in [-0.4, -0.2) is 76.6 Å². The fraction of sp³-hybridized carbons (Fsp3) is 0.955. The second-order valence-electron chi connectivity index (χ2n) is 8.93. The molecule has 28 heavy (non-hydrogen) atoms. The minimum Gasteiger partial charge on any atom is -0.381 e. The highest BCUT2D eigenvalue weighted by Gasteiger charge is 2.36.